The van der Waals surface area contributed by atoms with Gasteiger partial charge in [-0.3, -0.25) is 10.1 Å². The van der Waals surface area contributed by atoms with E-state index >= 15 is 0 Å². The number of nitrogens with zero attached hydrogens (tertiary/aromatic N) is 1. The van der Waals surface area contributed by atoms with Crippen molar-refractivity contribution in [1.29, 1.82) is 0 Å². The van der Waals surface area contributed by atoms with Crippen LogP contribution in [0.3, 0.4) is 0 Å². The van der Waals surface area contributed by atoms with Gasteiger partial charge in [-0.2, -0.15) is 0 Å². The lowest BCUT2D eigenvalue weighted by Crippen LogP contribution is -2.44. The van der Waals surface area contributed by atoms with Gasteiger partial charge >= 0.3 is 0 Å². The fourth-order valence-corrected chi connectivity index (χ4v) is 4.06. The molecule has 0 spiro atoms. The van der Waals surface area contributed by atoms with E-state index in [0.717, 1.165) is 19.3 Å². The molecule has 116 valence electrons. The van der Waals surface area contributed by atoms with Crippen molar-refractivity contribution >= 4 is 15.7 Å². The highest BCUT2D eigenvalue weighted by Gasteiger charge is 2.42. The summed E-state index contributed by atoms with van der Waals surface area (Å²) in [5.74, 6) is 0.792. The zero-order valence-electron chi connectivity index (χ0n) is 12.5. The van der Waals surface area contributed by atoms with Gasteiger partial charge in [0.05, 0.1) is 18.0 Å². The molecule has 1 saturated heterocycles. The second kappa shape index (κ2) is 6.43. The number of carbonyl (C=O) groups excluding carboxylic acids is 1. The zero-order chi connectivity index (χ0) is 14.8. The molecule has 5 nitrogen and oxygen atoms in total. The molecule has 2 unspecified atom stereocenters. The van der Waals surface area contributed by atoms with Crippen LogP contribution < -0.4 is 5.32 Å². The molecule has 1 heterocycles. The van der Waals surface area contributed by atoms with Gasteiger partial charge in [0.15, 0.2) is 9.84 Å². The standard InChI is InChI=1S/C14H26N2O3S/c1-3-12-14(17)16(9-10-20(18,19)4-2)13(15-12)11-7-5-6-8-11/h11-13,15H,3-10H2,1-2H3. The lowest BCUT2D eigenvalue weighted by molar-refractivity contribution is -0.130. The number of amides is 1. The predicted octanol–water partition coefficient (Wildman–Crippen LogP) is 1.15. The van der Waals surface area contributed by atoms with E-state index in [2.05, 4.69) is 5.32 Å². The number of hydrogen-bond acceptors (Lipinski definition) is 4. The highest BCUT2D eigenvalue weighted by molar-refractivity contribution is 7.91. The Morgan fingerprint density at radius 1 is 1.25 bits per heavy atom. The number of nitrogens with one attached hydrogen (secondary N) is 1. The zero-order valence-corrected chi connectivity index (χ0v) is 13.3. The van der Waals surface area contributed by atoms with Gasteiger partial charge in [0, 0.05) is 12.3 Å². The Balaban J connectivity index is 2.06. The van der Waals surface area contributed by atoms with Crippen LogP contribution in [0.5, 0.6) is 0 Å². The lowest BCUT2D eigenvalue weighted by atomic mass is 10.0. The normalized spacial score (nSPS) is 28.5. The van der Waals surface area contributed by atoms with Crippen molar-refractivity contribution in [2.75, 3.05) is 18.1 Å². The van der Waals surface area contributed by atoms with E-state index in [1.54, 1.807) is 11.8 Å². The second-order valence-corrected chi connectivity index (χ2v) is 8.36. The van der Waals surface area contributed by atoms with Gasteiger partial charge < -0.3 is 4.90 Å². The molecule has 1 aliphatic carbocycles. The summed E-state index contributed by atoms with van der Waals surface area (Å²) in [6, 6.07) is -0.134. The van der Waals surface area contributed by atoms with Crippen LogP contribution in [0.4, 0.5) is 0 Å². The third-order valence-corrected chi connectivity index (χ3v) is 6.31. The van der Waals surface area contributed by atoms with E-state index < -0.39 is 9.84 Å². The first-order valence-electron chi connectivity index (χ1n) is 7.75. The summed E-state index contributed by atoms with van der Waals surface area (Å²) in [5.41, 5.74) is 0. The van der Waals surface area contributed by atoms with Gasteiger partial charge in [0.2, 0.25) is 5.91 Å². The number of rotatable bonds is 6. The van der Waals surface area contributed by atoms with Crippen LogP contribution in [0.1, 0.15) is 46.0 Å². The SMILES string of the molecule is CCC1NC(C2CCCC2)N(CCS(=O)(=O)CC)C1=O. The maximum atomic E-state index is 12.4. The smallest absolute Gasteiger partial charge is 0.241 e. The molecule has 0 aromatic carbocycles. The molecule has 2 rings (SSSR count). The fourth-order valence-electron chi connectivity index (χ4n) is 3.29. The minimum Gasteiger partial charge on any atom is -0.324 e. The molecule has 0 bridgehead atoms. The van der Waals surface area contributed by atoms with E-state index in [0.29, 0.717) is 12.5 Å². The van der Waals surface area contributed by atoms with Crippen LogP contribution in [-0.4, -0.2) is 49.5 Å². The first-order valence-corrected chi connectivity index (χ1v) is 9.57. The Morgan fingerprint density at radius 2 is 1.90 bits per heavy atom. The summed E-state index contributed by atoms with van der Waals surface area (Å²) in [6.45, 7) is 3.98. The Hall–Kier alpha value is -0.620. The van der Waals surface area contributed by atoms with Crippen molar-refractivity contribution in [3.63, 3.8) is 0 Å². The van der Waals surface area contributed by atoms with Crippen LogP contribution in [0.15, 0.2) is 0 Å². The van der Waals surface area contributed by atoms with Crippen molar-refractivity contribution in [3.05, 3.63) is 0 Å². The molecule has 0 aromatic heterocycles. The van der Waals surface area contributed by atoms with E-state index in [9.17, 15) is 13.2 Å². The Morgan fingerprint density at radius 3 is 2.45 bits per heavy atom. The summed E-state index contributed by atoms with van der Waals surface area (Å²) >= 11 is 0. The first-order chi connectivity index (χ1) is 9.48. The van der Waals surface area contributed by atoms with Crippen molar-refractivity contribution in [1.82, 2.24) is 10.2 Å². The quantitative estimate of drug-likeness (QED) is 0.799. The van der Waals surface area contributed by atoms with Crippen LogP contribution in [0, 0.1) is 5.92 Å². The maximum absolute atomic E-state index is 12.4. The van der Waals surface area contributed by atoms with Crippen LogP contribution in [0.2, 0.25) is 0 Å². The summed E-state index contributed by atoms with van der Waals surface area (Å²) in [7, 11) is -3.02. The first kappa shape index (κ1) is 15.8. The molecule has 1 aliphatic heterocycles. The fraction of sp³-hybridized carbons (Fsp3) is 0.929. The molecule has 1 amide bonds. The van der Waals surface area contributed by atoms with E-state index in [4.69, 9.17) is 0 Å². The number of carbonyl (C=O) groups is 1. The molecule has 6 heteroatoms. The van der Waals surface area contributed by atoms with Crippen LogP contribution >= 0.6 is 0 Å². The number of hydrogen-bond donors (Lipinski definition) is 1. The van der Waals surface area contributed by atoms with Gasteiger partial charge in [0.25, 0.3) is 0 Å². The van der Waals surface area contributed by atoms with Crippen molar-refractivity contribution in [3.8, 4) is 0 Å². The highest BCUT2D eigenvalue weighted by atomic mass is 32.2. The van der Waals surface area contributed by atoms with Crippen molar-refractivity contribution in [2.45, 2.75) is 58.2 Å². The summed E-state index contributed by atoms with van der Waals surface area (Å²) in [6.07, 6.45) is 5.52. The predicted molar refractivity (Wildman–Crippen MR) is 79.0 cm³/mol. The lowest BCUT2D eigenvalue weighted by Gasteiger charge is -2.28. The molecule has 2 atom stereocenters. The highest BCUT2D eigenvalue weighted by Crippen LogP contribution is 2.32. The van der Waals surface area contributed by atoms with Gasteiger partial charge in [-0.15, -0.1) is 0 Å². The Kier molecular flexibility index (Phi) is 5.07. The molecule has 2 aliphatic rings. The third kappa shape index (κ3) is 3.34. The summed E-state index contributed by atoms with van der Waals surface area (Å²) < 4.78 is 23.4. The van der Waals surface area contributed by atoms with Gasteiger partial charge in [0.1, 0.15) is 0 Å². The third-order valence-electron chi connectivity index (χ3n) is 4.63. The average molecular weight is 302 g/mol. The molecular formula is C14H26N2O3S. The molecule has 0 aromatic rings. The van der Waals surface area contributed by atoms with Gasteiger partial charge in [-0.05, 0) is 25.2 Å². The van der Waals surface area contributed by atoms with E-state index in [1.807, 2.05) is 6.92 Å². The molecule has 20 heavy (non-hydrogen) atoms. The molecule has 2 fully saturated rings. The molecule has 0 radical (unpaired) electrons. The maximum Gasteiger partial charge on any atom is 0.241 e. The van der Waals surface area contributed by atoms with E-state index in [1.165, 1.54) is 12.8 Å². The molecule has 1 saturated carbocycles. The van der Waals surface area contributed by atoms with Crippen LogP contribution in [0.25, 0.3) is 0 Å². The van der Waals surface area contributed by atoms with Crippen LogP contribution in [-0.2, 0) is 14.6 Å². The van der Waals surface area contributed by atoms with Crippen molar-refractivity contribution in [2.24, 2.45) is 5.92 Å². The Bertz CT molecular complexity index is 443. The number of sulfone groups is 1. The molecule has 1 N–H and O–H groups in total. The summed E-state index contributed by atoms with van der Waals surface area (Å²) in [5, 5.41) is 3.42. The largest absolute Gasteiger partial charge is 0.324 e. The second-order valence-electron chi connectivity index (χ2n) is 5.88. The topological polar surface area (TPSA) is 66.5 Å². The summed E-state index contributed by atoms with van der Waals surface area (Å²) in [4.78, 5) is 14.2. The minimum atomic E-state index is -3.02. The van der Waals surface area contributed by atoms with Gasteiger partial charge in [-0.25, -0.2) is 8.42 Å². The average Bonchev–Trinajstić information content (AvgIpc) is 3.04. The Labute approximate surface area is 122 Å². The minimum absolute atomic E-state index is 0.0435. The van der Waals surface area contributed by atoms with Crippen molar-refractivity contribution < 1.29 is 13.2 Å². The van der Waals surface area contributed by atoms with E-state index in [-0.39, 0.29) is 29.6 Å². The monoisotopic (exact) mass is 302 g/mol. The molecular weight excluding hydrogens is 276 g/mol. The van der Waals surface area contributed by atoms with Gasteiger partial charge in [-0.1, -0.05) is 26.7 Å².